The van der Waals surface area contributed by atoms with Gasteiger partial charge in [0.1, 0.15) is 18.8 Å². The number of hydrogen-bond acceptors (Lipinski definition) is 5. The maximum atomic E-state index is 12.7. The van der Waals surface area contributed by atoms with Crippen LogP contribution in [-0.2, 0) is 9.59 Å². The van der Waals surface area contributed by atoms with Crippen LogP contribution in [0.4, 0.5) is 4.79 Å². The molecular weight excluding hydrogens is 386 g/mol. The summed E-state index contributed by atoms with van der Waals surface area (Å²) in [6, 6.07) is 5.10. The van der Waals surface area contributed by atoms with Crippen molar-refractivity contribution in [3.8, 4) is 11.5 Å². The number of carbonyl (C=O) groups is 3. The average Bonchev–Trinajstić information content (AvgIpc) is 3.29. The predicted molar refractivity (Wildman–Crippen MR) is 109 cm³/mol. The summed E-state index contributed by atoms with van der Waals surface area (Å²) in [4.78, 5) is 38.9. The summed E-state index contributed by atoms with van der Waals surface area (Å²) in [6.45, 7) is 5.18. The van der Waals surface area contributed by atoms with Crippen molar-refractivity contribution in [2.75, 3.05) is 19.8 Å². The molecule has 8 heteroatoms. The van der Waals surface area contributed by atoms with Crippen molar-refractivity contribution in [3.63, 3.8) is 0 Å². The third kappa shape index (κ3) is 3.82. The fraction of sp³-hybridized carbons (Fsp3) is 0.591. The van der Waals surface area contributed by atoms with Gasteiger partial charge in [0.05, 0.1) is 6.04 Å². The molecule has 0 bridgehead atoms. The van der Waals surface area contributed by atoms with E-state index < -0.39 is 5.54 Å². The Balaban J connectivity index is 1.38. The second kappa shape index (κ2) is 8.16. The van der Waals surface area contributed by atoms with Gasteiger partial charge in [-0.2, -0.15) is 0 Å². The number of benzene rings is 1. The topological polar surface area (TPSA) is 97.0 Å². The Kier molecular flexibility index (Phi) is 5.58. The Morgan fingerprint density at radius 3 is 2.57 bits per heavy atom. The van der Waals surface area contributed by atoms with E-state index in [2.05, 4.69) is 10.6 Å². The summed E-state index contributed by atoms with van der Waals surface area (Å²) in [5, 5.41) is 5.90. The van der Waals surface area contributed by atoms with Crippen LogP contribution in [0.2, 0.25) is 0 Å². The highest BCUT2D eigenvalue weighted by Crippen LogP contribution is 2.36. The molecule has 2 heterocycles. The molecule has 3 aliphatic rings. The molecule has 1 spiro atoms. The molecule has 30 heavy (non-hydrogen) atoms. The summed E-state index contributed by atoms with van der Waals surface area (Å²) in [6.07, 6.45) is 3.31. The first-order chi connectivity index (χ1) is 14.4. The van der Waals surface area contributed by atoms with Crippen molar-refractivity contribution in [2.45, 2.75) is 57.5 Å². The number of carbonyl (C=O) groups excluding carboxylic acids is 3. The lowest BCUT2D eigenvalue weighted by atomic mass is 9.95. The average molecular weight is 415 g/mol. The maximum Gasteiger partial charge on any atom is 0.325 e. The minimum atomic E-state index is -0.737. The number of rotatable bonds is 6. The van der Waals surface area contributed by atoms with Gasteiger partial charge in [-0.1, -0.05) is 32.8 Å². The molecule has 4 rings (SSSR count). The number of amides is 4. The zero-order valence-corrected chi connectivity index (χ0v) is 17.5. The molecule has 2 fully saturated rings. The smallest absolute Gasteiger partial charge is 0.325 e. The van der Waals surface area contributed by atoms with Crippen LogP contribution in [-0.4, -0.2) is 48.0 Å². The van der Waals surface area contributed by atoms with Gasteiger partial charge < -0.3 is 20.1 Å². The van der Waals surface area contributed by atoms with E-state index in [9.17, 15) is 14.4 Å². The molecule has 1 aromatic carbocycles. The van der Waals surface area contributed by atoms with Gasteiger partial charge in [-0.25, -0.2) is 4.79 Å². The lowest BCUT2D eigenvalue weighted by Crippen LogP contribution is -2.44. The van der Waals surface area contributed by atoms with E-state index in [1.807, 2.05) is 32.0 Å². The number of nitrogens with one attached hydrogen (secondary N) is 2. The molecule has 1 atom stereocenters. The SMILES string of the molecule is CC(C)[C@@H](NC(=O)CCN1C(=O)NC2(CCCC2)C1=O)c1ccc2c(c1)OCCO2. The van der Waals surface area contributed by atoms with Crippen molar-refractivity contribution in [1.82, 2.24) is 15.5 Å². The lowest BCUT2D eigenvalue weighted by molar-refractivity contribution is -0.131. The molecule has 4 amide bonds. The molecule has 0 aromatic heterocycles. The molecule has 1 saturated carbocycles. The highest BCUT2D eigenvalue weighted by Gasteiger charge is 2.52. The zero-order chi connectivity index (χ0) is 21.3. The largest absolute Gasteiger partial charge is 0.486 e. The predicted octanol–water partition coefficient (Wildman–Crippen LogP) is 2.53. The highest BCUT2D eigenvalue weighted by atomic mass is 16.6. The number of imide groups is 1. The Bertz CT molecular complexity index is 847. The molecular formula is C22H29N3O5. The molecule has 1 aliphatic carbocycles. The van der Waals surface area contributed by atoms with Gasteiger partial charge in [0.2, 0.25) is 5.91 Å². The van der Waals surface area contributed by atoms with E-state index in [1.165, 1.54) is 4.90 Å². The second-order valence-electron chi connectivity index (χ2n) is 8.62. The number of ether oxygens (including phenoxy) is 2. The van der Waals surface area contributed by atoms with Gasteiger partial charge in [-0.3, -0.25) is 14.5 Å². The fourth-order valence-electron chi connectivity index (χ4n) is 4.54. The van der Waals surface area contributed by atoms with E-state index in [0.717, 1.165) is 18.4 Å². The minimum Gasteiger partial charge on any atom is -0.486 e. The van der Waals surface area contributed by atoms with Crippen molar-refractivity contribution in [3.05, 3.63) is 23.8 Å². The van der Waals surface area contributed by atoms with Crippen LogP contribution in [0.5, 0.6) is 11.5 Å². The number of nitrogens with zero attached hydrogens (tertiary/aromatic N) is 1. The monoisotopic (exact) mass is 415 g/mol. The van der Waals surface area contributed by atoms with E-state index in [1.54, 1.807) is 0 Å². The van der Waals surface area contributed by atoms with E-state index >= 15 is 0 Å². The van der Waals surface area contributed by atoms with Crippen LogP contribution >= 0.6 is 0 Å². The van der Waals surface area contributed by atoms with Crippen LogP contribution in [0.25, 0.3) is 0 Å². The Morgan fingerprint density at radius 2 is 1.87 bits per heavy atom. The lowest BCUT2D eigenvalue weighted by Gasteiger charge is -2.26. The van der Waals surface area contributed by atoms with Gasteiger partial charge in [-0.05, 0) is 36.5 Å². The quantitative estimate of drug-likeness (QED) is 0.696. The Labute approximate surface area is 176 Å². The first kappa shape index (κ1) is 20.5. The third-order valence-electron chi connectivity index (χ3n) is 6.17. The maximum absolute atomic E-state index is 12.7. The molecule has 0 unspecified atom stereocenters. The Hall–Kier alpha value is -2.77. The molecule has 162 valence electrons. The molecule has 1 aromatic rings. The van der Waals surface area contributed by atoms with Crippen molar-refractivity contribution in [1.29, 1.82) is 0 Å². The van der Waals surface area contributed by atoms with Crippen LogP contribution in [0.15, 0.2) is 18.2 Å². The first-order valence-corrected chi connectivity index (χ1v) is 10.7. The van der Waals surface area contributed by atoms with Crippen molar-refractivity contribution < 1.29 is 23.9 Å². The summed E-state index contributed by atoms with van der Waals surface area (Å²) in [5.74, 6) is 1.15. The van der Waals surface area contributed by atoms with Gasteiger partial charge in [0, 0.05) is 13.0 Å². The summed E-state index contributed by atoms with van der Waals surface area (Å²) in [7, 11) is 0. The van der Waals surface area contributed by atoms with Gasteiger partial charge in [0.25, 0.3) is 5.91 Å². The van der Waals surface area contributed by atoms with E-state index in [0.29, 0.717) is 37.6 Å². The van der Waals surface area contributed by atoms with Crippen molar-refractivity contribution in [2.24, 2.45) is 5.92 Å². The molecule has 2 N–H and O–H groups in total. The van der Waals surface area contributed by atoms with Gasteiger partial charge in [-0.15, -0.1) is 0 Å². The third-order valence-corrected chi connectivity index (χ3v) is 6.17. The van der Waals surface area contributed by atoms with Gasteiger partial charge >= 0.3 is 6.03 Å². The summed E-state index contributed by atoms with van der Waals surface area (Å²) in [5.41, 5.74) is 0.196. The molecule has 8 nitrogen and oxygen atoms in total. The normalized spacial score (nSPS) is 20.6. The Morgan fingerprint density at radius 1 is 1.17 bits per heavy atom. The highest BCUT2D eigenvalue weighted by molar-refractivity contribution is 6.07. The van der Waals surface area contributed by atoms with E-state index in [4.69, 9.17) is 9.47 Å². The van der Waals surface area contributed by atoms with Crippen LogP contribution in [0.1, 0.15) is 57.6 Å². The van der Waals surface area contributed by atoms with Crippen LogP contribution in [0.3, 0.4) is 0 Å². The van der Waals surface area contributed by atoms with Crippen LogP contribution in [0, 0.1) is 5.92 Å². The van der Waals surface area contributed by atoms with Crippen molar-refractivity contribution >= 4 is 17.8 Å². The summed E-state index contributed by atoms with van der Waals surface area (Å²) >= 11 is 0. The first-order valence-electron chi connectivity index (χ1n) is 10.7. The molecule has 0 radical (unpaired) electrons. The zero-order valence-electron chi connectivity index (χ0n) is 17.5. The molecule has 2 aliphatic heterocycles. The molecule has 1 saturated heterocycles. The van der Waals surface area contributed by atoms with Gasteiger partial charge in [0.15, 0.2) is 11.5 Å². The fourth-order valence-corrected chi connectivity index (χ4v) is 4.54. The number of hydrogen-bond donors (Lipinski definition) is 2. The standard InChI is InChI=1S/C22H29N3O5/c1-14(2)19(15-5-6-16-17(13-15)30-12-11-29-16)23-18(26)7-10-25-20(27)22(24-21(25)28)8-3-4-9-22/h5-6,13-14,19H,3-4,7-12H2,1-2H3,(H,23,26)(H,24,28)/t19-/m1/s1. The van der Waals surface area contributed by atoms with E-state index in [-0.39, 0.29) is 42.8 Å². The second-order valence-corrected chi connectivity index (χ2v) is 8.62. The number of fused-ring (bicyclic) bond motifs is 1. The number of urea groups is 1. The minimum absolute atomic E-state index is 0.0724. The summed E-state index contributed by atoms with van der Waals surface area (Å²) < 4.78 is 11.2. The van der Waals surface area contributed by atoms with Crippen LogP contribution < -0.4 is 20.1 Å².